The van der Waals surface area contributed by atoms with Crippen molar-refractivity contribution < 1.29 is 19.3 Å². The number of carboxylic acids is 1. The molecule has 110 valence electrons. The van der Waals surface area contributed by atoms with Gasteiger partial charge < -0.3 is 10.0 Å². The Balaban J connectivity index is 1.76. The summed E-state index contributed by atoms with van der Waals surface area (Å²) in [6.45, 7) is 5.21. The van der Waals surface area contributed by atoms with E-state index < -0.39 is 5.97 Å². The third-order valence-corrected chi connectivity index (χ3v) is 3.40. The molecule has 1 fully saturated rings. The van der Waals surface area contributed by atoms with Crippen LogP contribution in [0.2, 0.25) is 0 Å². The fraction of sp³-hybridized carbons (Fsp3) is 0.667. The van der Waals surface area contributed by atoms with Crippen molar-refractivity contribution in [3.05, 3.63) is 11.4 Å². The molecule has 2 heterocycles. The molecule has 0 unspecified atom stereocenters. The zero-order valence-electron chi connectivity index (χ0n) is 11.4. The maximum Gasteiger partial charge on any atom is 0.303 e. The normalized spacial score (nSPS) is 16.4. The van der Waals surface area contributed by atoms with Crippen molar-refractivity contribution in [3.8, 4) is 0 Å². The average Bonchev–Trinajstić information content (AvgIpc) is 2.82. The monoisotopic (exact) mass is 282 g/mol. The molecule has 0 aliphatic carbocycles. The number of aliphatic carboxylic acids is 1. The van der Waals surface area contributed by atoms with Gasteiger partial charge in [-0.25, -0.2) is 4.63 Å². The van der Waals surface area contributed by atoms with Gasteiger partial charge in [0.15, 0.2) is 0 Å². The third-order valence-electron chi connectivity index (χ3n) is 3.40. The number of aryl methyl sites for hydroxylation is 1. The number of piperazine rings is 1. The highest BCUT2D eigenvalue weighted by atomic mass is 16.6. The molecule has 0 atom stereocenters. The minimum Gasteiger partial charge on any atom is -0.481 e. The molecule has 0 bridgehead atoms. The fourth-order valence-electron chi connectivity index (χ4n) is 2.13. The van der Waals surface area contributed by atoms with Gasteiger partial charge >= 0.3 is 5.97 Å². The molecular weight excluding hydrogens is 264 g/mol. The molecule has 0 radical (unpaired) electrons. The van der Waals surface area contributed by atoms with Crippen molar-refractivity contribution in [2.24, 2.45) is 0 Å². The fourth-order valence-corrected chi connectivity index (χ4v) is 2.13. The number of aromatic nitrogens is 2. The smallest absolute Gasteiger partial charge is 0.303 e. The number of nitrogens with zero attached hydrogens (tertiary/aromatic N) is 4. The molecule has 0 aromatic carbocycles. The predicted molar refractivity (Wildman–Crippen MR) is 67.8 cm³/mol. The van der Waals surface area contributed by atoms with Crippen molar-refractivity contribution in [2.75, 3.05) is 26.2 Å². The largest absolute Gasteiger partial charge is 0.481 e. The highest BCUT2D eigenvalue weighted by Crippen LogP contribution is 2.10. The number of hydrogen-bond donors (Lipinski definition) is 1. The Hall–Kier alpha value is -1.96. The summed E-state index contributed by atoms with van der Waals surface area (Å²) < 4.78 is 4.65. The molecule has 1 saturated heterocycles. The van der Waals surface area contributed by atoms with E-state index in [1.807, 2.05) is 6.92 Å². The van der Waals surface area contributed by atoms with Crippen molar-refractivity contribution in [2.45, 2.75) is 26.3 Å². The molecule has 1 aliphatic rings. The quantitative estimate of drug-likeness (QED) is 0.804. The predicted octanol–water partition coefficient (Wildman–Crippen LogP) is -0.113. The van der Waals surface area contributed by atoms with E-state index in [1.54, 1.807) is 4.90 Å². The topological polar surface area (TPSA) is 99.8 Å². The van der Waals surface area contributed by atoms with Gasteiger partial charge in [-0.15, -0.1) is 0 Å². The Morgan fingerprint density at radius 2 is 1.90 bits per heavy atom. The lowest BCUT2D eigenvalue weighted by Crippen LogP contribution is -2.48. The molecule has 1 amide bonds. The van der Waals surface area contributed by atoms with Crippen molar-refractivity contribution >= 4 is 11.9 Å². The number of carbonyl (C=O) groups excluding carboxylic acids is 1. The zero-order valence-corrected chi connectivity index (χ0v) is 11.4. The molecule has 1 aliphatic heterocycles. The Morgan fingerprint density at radius 3 is 2.45 bits per heavy atom. The van der Waals surface area contributed by atoms with Crippen LogP contribution in [0.5, 0.6) is 0 Å². The van der Waals surface area contributed by atoms with Crippen LogP contribution in [0.4, 0.5) is 0 Å². The highest BCUT2D eigenvalue weighted by molar-refractivity contribution is 5.80. The lowest BCUT2D eigenvalue weighted by Gasteiger charge is -2.34. The molecule has 8 heteroatoms. The van der Waals surface area contributed by atoms with E-state index in [2.05, 4.69) is 19.8 Å². The summed E-state index contributed by atoms with van der Waals surface area (Å²) in [6.07, 6.45) is -0.0372. The summed E-state index contributed by atoms with van der Waals surface area (Å²) in [7, 11) is 0. The second-order valence-electron chi connectivity index (χ2n) is 4.85. The van der Waals surface area contributed by atoms with Crippen molar-refractivity contribution in [1.82, 2.24) is 20.1 Å². The Morgan fingerprint density at radius 1 is 1.20 bits per heavy atom. The van der Waals surface area contributed by atoms with Gasteiger partial charge in [0.05, 0.1) is 6.42 Å². The first kappa shape index (κ1) is 14.4. The van der Waals surface area contributed by atoms with E-state index in [1.165, 1.54) is 0 Å². The van der Waals surface area contributed by atoms with Crippen LogP contribution in [-0.4, -0.2) is 63.3 Å². The summed E-state index contributed by atoms with van der Waals surface area (Å²) in [5.74, 6) is -1.03. The highest BCUT2D eigenvalue weighted by Gasteiger charge is 2.22. The van der Waals surface area contributed by atoms with Gasteiger partial charge in [-0.2, -0.15) is 0 Å². The first-order valence-electron chi connectivity index (χ1n) is 6.56. The lowest BCUT2D eigenvalue weighted by atomic mass is 10.2. The van der Waals surface area contributed by atoms with Crippen LogP contribution in [0.15, 0.2) is 4.63 Å². The van der Waals surface area contributed by atoms with E-state index in [0.29, 0.717) is 19.6 Å². The number of amides is 1. The average molecular weight is 282 g/mol. The number of rotatable bonds is 5. The Labute approximate surface area is 116 Å². The third kappa shape index (κ3) is 3.77. The van der Waals surface area contributed by atoms with Gasteiger partial charge in [0.25, 0.3) is 0 Å². The molecular formula is C12H18N4O4. The molecule has 1 aromatic rings. The van der Waals surface area contributed by atoms with Crippen molar-refractivity contribution in [3.63, 3.8) is 0 Å². The molecule has 2 rings (SSSR count). The van der Waals surface area contributed by atoms with Crippen LogP contribution in [0, 0.1) is 6.92 Å². The van der Waals surface area contributed by atoms with Crippen LogP contribution >= 0.6 is 0 Å². The van der Waals surface area contributed by atoms with Crippen LogP contribution in [0.25, 0.3) is 0 Å². The van der Waals surface area contributed by atoms with E-state index in [4.69, 9.17) is 5.11 Å². The van der Waals surface area contributed by atoms with Crippen LogP contribution in [0.1, 0.15) is 24.2 Å². The van der Waals surface area contributed by atoms with Gasteiger partial charge in [0, 0.05) is 39.1 Å². The zero-order chi connectivity index (χ0) is 14.5. The minimum absolute atomic E-state index is 0.0711. The van der Waals surface area contributed by atoms with E-state index in [0.717, 1.165) is 24.5 Å². The number of carbonyl (C=O) groups is 2. The first-order chi connectivity index (χ1) is 9.56. The summed E-state index contributed by atoms with van der Waals surface area (Å²) in [5, 5.41) is 16.1. The number of hydrogen-bond acceptors (Lipinski definition) is 6. The van der Waals surface area contributed by atoms with Crippen LogP contribution < -0.4 is 0 Å². The minimum atomic E-state index is -0.939. The van der Waals surface area contributed by atoms with Gasteiger partial charge in [-0.3, -0.25) is 14.5 Å². The standard InChI is InChI=1S/C12H18N4O4/c1-9-10(14-20-13-9)8-15-4-6-16(7-5-15)11(17)2-3-12(18)19/h2-8H2,1H3,(H,18,19). The number of carboxylic acid groups (broad SMARTS) is 1. The SMILES string of the molecule is Cc1nonc1CN1CCN(C(=O)CCC(=O)O)CC1. The molecule has 20 heavy (non-hydrogen) atoms. The molecule has 0 spiro atoms. The summed E-state index contributed by atoms with van der Waals surface area (Å²) >= 11 is 0. The Bertz CT molecular complexity index is 480. The van der Waals surface area contributed by atoms with Gasteiger partial charge in [0.2, 0.25) is 5.91 Å². The molecule has 0 saturated carbocycles. The van der Waals surface area contributed by atoms with E-state index in [9.17, 15) is 9.59 Å². The van der Waals surface area contributed by atoms with Gasteiger partial charge in [0.1, 0.15) is 11.4 Å². The summed E-state index contributed by atoms with van der Waals surface area (Å²) in [6, 6.07) is 0. The van der Waals surface area contributed by atoms with Gasteiger partial charge in [-0.1, -0.05) is 10.3 Å². The van der Waals surface area contributed by atoms with Crippen LogP contribution in [-0.2, 0) is 16.1 Å². The molecule has 8 nitrogen and oxygen atoms in total. The van der Waals surface area contributed by atoms with Gasteiger partial charge in [-0.05, 0) is 6.92 Å². The van der Waals surface area contributed by atoms with Crippen molar-refractivity contribution in [1.29, 1.82) is 0 Å². The molecule has 1 N–H and O–H groups in total. The second-order valence-corrected chi connectivity index (χ2v) is 4.85. The van der Waals surface area contributed by atoms with E-state index >= 15 is 0 Å². The maximum atomic E-state index is 11.8. The first-order valence-corrected chi connectivity index (χ1v) is 6.56. The summed E-state index contributed by atoms with van der Waals surface area (Å²) in [4.78, 5) is 26.1. The van der Waals surface area contributed by atoms with Crippen LogP contribution in [0.3, 0.4) is 0 Å². The second kappa shape index (κ2) is 6.47. The summed E-state index contributed by atoms with van der Waals surface area (Å²) in [5.41, 5.74) is 1.60. The molecule has 1 aromatic heterocycles. The maximum absolute atomic E-state index is 11.8. The Kier molecular flexibility index (Phi) is 4.67. The lowest BCUT2D eigenvalue weighted by molar-refractivity contribution is -0.141. The van der Waals surface area contributed by atoms with E-state index in [-0.39, 0.29) is 18.7 Å².